The van der Waals surface area contributed by atoms with E-state index in [4.69, 9.17) is 4.52 Å². The lowest BCUT2D eigenvalue weighted by molar-refractivity contribution is -0.118. The van der Waals surface area contributed by atoms with E-state index in [1.165, 1.54) is 5.56 Å². The van der Waals surface area contributed by atoms with Crippen LogP contribution in [0.4, 0.5) is 5.69 Å². The molecule has 0 aromatic carbocycles. The minimum Gasteiger partial charge on any atom is -0.339 e. The first-order chi connectivity index (χ1) is 10.1. The highest BCUT2D eigenvalue weighted by molar-refractivity contribution is 5.95. The van der Waals surface area contributed by atoms with E-state index in [1.807, 2.05) is 19.9 Å². The van der Waals surface area contributed by atoms with Gasteiger partial charge >= 0.3 is 0 Å². The number of aromatic nitrogens is 3. The lowest BCUT2D eigenvalue weighted by Gasteiger charge is -2.16. The number of amides is 1. The number of pyridine rings is 1. The molecule has 0 bridgehead atoms. The van der Waals surface area contributed by atoms with Crippen molar-refractivity contribution in [1.29, 1.82) is 0 Å². The van der Waals surface area contributed by atoms with Gasteiger partial charge in [-0.25, -0.2) is 0 Å². The van der Waals surface area contributed by atoms with Crippen LogP contribution in [0.1, 0.15) is 43.5 Å². The molecule has 6 heteroatoms. The van der Waals surface area contributed by atoms with Gasteiger partial charge in [0.2, 0.25) is 11.8 Å². The molecule has 1 aliphatic rings. The number of hydrogen-bond acceptors (Lipinski definition) is 5. The number of anilines is 1. The molecule has 2 aromatic heterocycles. The highest BCUT2D eigenvalue weighted by Crippen LogP contribution is 2.27. The molecule has 3 rings (SSSR count). The lowest BCUT2D eigenvalue weighted by Crippen LogP contribution is -2.29. The van der Waals surface area contributed by atoms with Gasteiger partial charge in [0.25, 0.3) is 0 Å². The zero-order valence-electron chi connectivity index (χ0n) is 12.2. The maximum atomic E-state index is 12.3. The monoisotopic (exact) mass is 286 g/mol. The first kappa shape index (κ1) is 13.7. The maximum absolute atomic E-state index is 12.3. The molecule has 6 nitrogen and oxygen atoms in total. The minimum atomic E-state index is 0.0750. The van der Waals surface area contributed by atoms with Crippen molar-refractivity contribution in [3.05, 3.63) is 35.7 Å². The third kappa shape index (κ3) is 2.79. The van der Waals surface area contributed by atoms with Gasteiger partial charge < -0.3 is 9.42 Å². The second-order valence-corrected chi connectivity index (χ2v) is 5.50. The van der Waals surface area contributed by atoms with Gasteiger partial charge in [-0.05, 0) is 18.1 Å². The van der Waals surface area contributed by atoms with Crippen molar-refractivity contribution < 1.29 is 9.32 Å². The molecule has 3 heterocycles. The van der Waals surface area contributed by atoms with E-state index in [0.717, 1.165) is 18.7 Å². The minimum absolute atomic E-state index is 0.0750. The van der Waals surface area contributed by atoms with Crippen LogP contribution in [-0.2, 0) is 17.6 Å². The number of rotatable bonds is 4. The van der Waals surface area contributed by atoms with Crippen LogP contribution in [0.3, 0.4) is 0 Å². The van der Waals surface area contributed by atoms with Crippen LogP contribution in [0.25, 0.3) is 0 Å². The molecule has 1 aliphatic heterocycles. The van der Waals surface area contributed by atoms with E-state index in [2.05, 4.69) is 15.1 Å². The normalized spacial score (nSPS) is 13.8. The van der Waals surface area contributed by atoms with Crippen molar-refractivity contribution in [3.63, 3.8) is 0 Å². The molecule has 21 heavy (non-hydrogen) atoms. The second-order valence-electron chi connectivity index (χ2n) is 5.50. The zero-order chi connectivity index (χ0) is 14.8. The Morgan fingerprint density at radius 3 is 3.10 bits per heavy atom. The standard InChI is InChI=1S/C15H18N4O2/c1-10(2)15-17-13(21-18-15)3-4-14(20)19-8-6-11-5-7-16-9-12(11)19/h5,7,9-10H,3-4,6,8H2,1-2H3. The van der Waals surface area contributed by atoms with Crippen molar-refractivity contribution in [2.24, 2.45) is 0 Å². The fourth-order valence-electron chi connectivity index (χ4n) is 2.43. The summed E-state index contributed by atoms with van der Waals surface area (Å²) in [5, 5.41) is 3.91. The Kier molecular flexibility index (Phi) is 3.68. The van der Waals surface area contributed by atoms with Gasteiger partial charge in [0.15, 0.2) is 5.82 Å². The third-order valence-corrected chi connectivity index (χ3v) is 3.64. The Morgan fingerprint density at radius 1 is 1.48 bits per heavy atom. The van der Waals surface area contributed by atoms with Gasteiger partial charge in [0.1, 0.15) is 0 Å². The summed E-state index contributed by atoms with van der Waals surface area (Å²) in [6.45, 7) is 4.74. The Labute approximate surface area is 123 Å². The SMILES string of the molecule is CC(C)c1noc(CCC(=O)N2CCc3ccncc32)n1. The summed E-state index contributed by atoms with van der Waals surface area (Å²) in [5.41, 5.74) is 2.11. The molecule has 0 spiro atoms. The molecule has 0 radical (unpaired) electrons. The zero-order valence-corrected chi connectivity index (χ0v) is 12.2. The average molecular weight is 286 g/mol. The molecule has 0 saturated heterocycles. The van der Waals surface area contributed by atoms with Crippen molar-refractivity contribution in [2.75, 3.05) is 11.4 Å². The van der Waals surface area contributed by atoms with Crippen LogP contribution < -0.4 is 4.90 Å². The maximum Gasteiger partial charge on any atom is 0.227 e. The van der Waals surface area contributed by atoms with Crippen molar-refractivity contribution in [3.8, 4) is 0 Å². The number of hydrogen-bond donors (Lipinski definition) is 0. The highest BCUT2D eigenvalue weighted by Gasteiger charge is 2.24. The van der Waals surface area contributed by atoms with E-state index in [9.17, 15) is 4.79 Å². The number of fused-ring (bicyclic) bond motifs is 1. The number of aryl methyl sites for hydroxylation is 1. The van der Waals surface area contributed by atoms with E-state index in [0.29, 0.717) is 24.6 Å². The molecule has 2 aromatic rings. The summed E-state index contributed by atoms with van der Waals surface area (Å²) in [6.07, 6.45) is 5.25. The predicted octanol–water partition coefficient (Wildman–Crippen LogP) is 2.11. The van der Waals surface area contributed by atoms with Gasteiger partial charge in [-0.1, -0.05) is 19.0 Å². The van der Waals surface area contributed by atoms with E-state index in [1.54, 1.807) is 17.3 Å². The molecule has 0 aliphatic carbocycles. The quantitative estimate of drug-likeness (QED) is 0.860. The molecule has 0 atom stereocenters. The molecule has 0 unspecified atom stereocenters. The highest BCUT2D eigenvalue weighted by atomic mass is 16.5. The van der Waals surface area contributed by atoms with E-state index in [-0.39, 0.29) is 11.8 Å². The van der Waals surface area contributed by atoms with Crippen LogP contribution in [0.5, 0.6) is 0 Å². The van der Waals surface area contributed by atoms with Crippen LogP contribution in [0, 0.1) is 0 Å². The van der Waals surface area contributed by atoms with E-state index >= 15 is 0 Å². The average Bonchev–Trinajstić information content (AvgIpc) is 3.11. The second kappa shape index (κ2) is 5.63. The molecule has 0 saturated carbocycles. The number of carbonyl (C=O) groups excluding carboxylic acids is 1. The summed E-state index contributed by atoms with van der Waals surface area (Å²) in [4.78, 5) is 22.5. The van der Waals surface area contributed by atoms with Crippen LogP contribution in [-0.4, -0.2) is 27.6 Å². The first-order valence-corrected chi connectivity index (χ1v) is 7.21. The summed E-state index contributed by atoms with van der Waals surface area (Å²) in [5.74, 6) is 1.52. The lowest BCUT2D eigenvalue weighted by atomic mass is 10.2. The smallest absolute Gasteiger partial charge is 0.227 e. The Morgan fingerprint density at radius 2 is 2.33 bits per heavy atom. The van der Waals surface area contributed by atoms with Crippen LogP contribution >= 0.6 is 0 Å². The summed E-state index contributed by atoms with van der Waals surface area (Å²) < 4.78 is 5.16. The van der Waals surface area contributed by atoms with Gasteiger partial charge in [0.05, 0.1) is 11.9 Å². The van der Waals surface area contributed by atoms with Crippen LogP contribution in [0.15, 0.2) is 23.0 Å². The topological polar surface area (TPSA) is 72.1 Å². The largest absolute Gasteiger partial charge is 0.339 e. The van der Waals surface area contributed by atoms with Crippen molar-refractivity contribution in [1.82, 2.24) is 15.1 Å². The van der Waals surface area contributed by atoms with E-state index < -0.39 is 0 Å². The van der Waals surface area contributed by atoms with Crippen LogP contribution in [0.2, 0.25) is 0 Å². The fourth-order valence-corrected chi connectivity index (χ4v) is 2.43. The Hall–Kier alpha value is -2.24. The molecule has 110 valence electrons. The molecule has 0 fully saturated rings. The number of carbonyl (C=O) groups is 1. The van der Waals surface area contributed by atoms with Gasteiger partial charge in [-0.15, -0.1) is 0 Å². The molecule has 0 N–H and O–H groups in total. The van der Waals surface area contributed by atoms with Gasteiger partial charge in [-0.2, -0.15) is 4.98 Å². The molecule has 1 amide bonds. The molecular formula is C15H18N4O2. The Bertz CT molecular complexity index is 651. The molecular weight excluding hydrogens is 268 g/mol. The summed E-state index contributed by atoms with van der Waals surface area (Å²) in [7, 11) is 0. The van der Waals surface area contributed by atoms with Gasteiger partial charge in [0, 0.05) is 31.5 Å². The third-order valence-electron chi connectivity index (χ3n) is 3.64. The van der Waals surface area contributed by atoms with Gasteiger partial charge in [-0.3, -0.25) is 9.78 Å². The Balaban J connectivity index is 1.62. The predicted molar refractivity (Wildman–Crippen MR) is 77.0 cm³/mol. The summed E-state index contributed by atoms with van der Waals surface area (Å²) in [6, 6.07) is 1.97. The first-order valence-electron chi connectivity index (χ1n) is 7.21. The summed E-state index contributed by atoms with van der Waals surface area (Å²) >= 11 is 0. The fraction of sp³-hybridized carbons (Fsp3) is 0.467. The number of nitrogens with zero attached hydrogens (tertiary/aromatic N) is 4. The van der Waals surface area contributed by atoms with Crippen molar-refractivity contribution >= 4 is 11.6 Å². The van der Waals surface area contributed by atoms with Crippen molar-refractivity contribution in [2.45, 2.75) is 39.0 Å².